The van der Waals surface area contributed by atoms with E-state index in [4.69, 9.17) is 4.74 Å². The van der Waals surface area contributed by atoms with Gasteiger partial charge >= 0.3 is 0 Å². The van der Waals surface area contributed by atoms with E-state index >= 15 is 0 Å². The van der Waals surface area contributed by atoms with Crippen molar-refractivity contribution in [1.29, 1.82) is 0 Å². The van der Waals surface area contributed by atoms with Crippen LogP contribution in [0.2, 0.25) is 0 Å². The Bertz CT molecular complexity index is 853. The Hall–Kier alpha value is -3.07. The quantitative estimate of drug-likeness (QED) is 0.764. The van der Waals surface area contributed by atoms with Crippen LogP contribution in [0.15, 0.2) is 84.0 Å². The number of rotatable bonds is 3. The van der Waals surface area contributed by atoms with Crippen LogP contribution in [0.1, 0.15) is 22.9 Å². The van der Waals surface area contributed by atoms with Crippen molar-refractivity contribution >= 4 is 5.90 Å². The van der Waals surface area contributed by atoms with Gasteiger partial charge in [0, 0.05) is 11.1 Å². The average Bonchev–Trinajstić information content (AvgIpc) is 3.13. The van der Waals surface area contributed by atoms with Crippen LogP contribution in [-0.2, 0) is 4.74 Å². The third-order valence-electron chi connectivity index (χ3n) is 4.13. The summed E-state index contributed by atoms with van der Waals surface area (Å²) in [4.78, 5) is 0. The van der Waals surface area contributed by atoms with E-state index in [2.05, 4.69) is 66.0 Å². The van der Waals surface area contributed by atoms with Gasteiger partial charge in [-0.05, 0) is 30.2 Å². The van der Waals surface area contributed by atoms with Gasteiger partial charge in [-0.3, -0.25) is 5.43 Å². The van der Waals surface area contributed by atoms with Gasteiger partial charge in [0.1, 0.15) is 0 Å². The molecule has 0 saturated carbocycles. The smallest absolute Gasteiger partial charge is 0.240 e. The molecule has 3 heteroatoms. The average molecular weight is 314 g/mol. The zero-order chi connectivity index (χ0) is 16.4. The van der Waals surface area contributed by atoms with Crippen molar-refractivity contribution < 1.29 is 4.74 Å². The van der Waals surface area contributed by atoms with Crippen LogP contribution < -0.4 is 5.43 Å². The first-order valence-corrected chi connectivity index (χ1v) is 8.02. The lowest BCUT2D eigenvalue weighted by molar-refractivity contribution is 0.192. The number of hydrogen-bond acceptors (Lipinski definition) is 3. The molecule has 1 heterocycles. The molecule has 1 unspecified atom stereocenters. The highest BCUT2D eigenvalue weighted by Crippen LogP contribution is 2.25. The van der Waals surface area contributed by atoms with Gasteiger partial charge in [0.2, 0.25) is 12.1 Å². The normalized spacial score (nSPS) is 16.2. The molecule has 1 aliphatic rings. The molecule has 0 saturated heterocycles. The van der Waals surface area contributed by atoms with Gasteiger partial charge in [-0.2, -0.15) is 0 Å². The molecule has 118 valence electrons. The zero-order valence-corrected chi connectivity index (χ0v) is 13.4. The summed E-state index contributed by atoms with van der Waals surface area (Å²) >= 11 is 0. The largest absolute Gasteiger partial charge is 0.446 e. The maximum atomic E-state index is 5.96. The highest BCUT2D eigenvalue weighted by molar-refractivity contribution is 5.94. The predicted octanol–water partition coefficient (Wildman–Crippen LogP) is 4.64. The molecule has 3 aromatic carbocycles. The highest BCUT2D eigenvalue weighted by atomic mass is 16.5. The molecule has 0 radical (unpaired) electrons. The number of nitrogens with one attached hydrogen (secondary N) is 1. The molecule has 0 aromatic heterocycles. The summed E-state index contributed by atoms with van der Waals surface area (Å²) < 4.78 is 5.96. The Kier molecular flexibility index (Phi) is 3.75. The van der Waals surface area contributed by atoms with Crippen LogP contribution >= 0.6 is 0 Å². The molecule has 3 nitrogen and oxygen atoms in total. The number of hydrogen-bond donors (Lipinski definition) is 1. The van der Waals surface area contributed by atoms with Gasteiger partial charge in [-0.1, -0.05) is 72.3 Å². The van der Waals surface area contributed by atoms with E-state index in [0.29, 0.717) is 5.90 Å². The molecule has 0 fully saturated rings. The second-order valence-corrected chi connectivity index (χ2v) is 5.90. The van der Waals surface area contributed by atoms with Crippen molar-refractivity contribution in [3.8, 4) is 11.1 Å². The molecule has 0 amide bonds. The third kappa shape index (κ3) is 2.88. The van der Waals surface area contributed by atoms with Gasteiger partial charge in [-0.25, -0.2) is 0 Å². The summed E-state index contributed by atoms with van der Waals surface area (Å²) in [5.41, 5.74) is 8.72. The summed E-state index contributed by atoms with van der Waals surface area (Å²) in [5.74, 6) is 0.632. The first-order chi connectivity index (χ1) is 11.8. The topological polar surface area (TPSA) is 33.6 Å². The fourth-order valence-corrected chi connectivity index (χ4v) is 2.73. The van der Waals surface area contributed by atoms with Crippen LogP contribution in [-0.4, -0.2) is 5.90 Å². The standard InChI is InChI=1S/C21H18N2O/c1-15-7-9-18(10-8-15)20-22-23-21(24-20)19-13-11-17(12-14-19)16-5-3-2-4-6-16/h2-14,21,23H,1H3. The maximum absolute atomic E-state index is 5.96. The van der Waals surface area contributed by atoms with E-state index < -0.39 is 0 Å². The number of nitrogens with zero attached hydrogens (tertiary/aromatic N) is 1. The van der Waals surface area contributed by atoms with E-state index in [0.717, 1.165) is 11.1 Å². The Morgan fingerprint density at radius 2 is 1.38 bits per heavy atom. The summed E-state index contributed by atoms with van der Waals surface area (Å²) in [5, 5.41) is 4.32. The SMILES string of the molecule is Cc1ccc(C2=NNC(c3ccc(-c4ccccc4)cc3)O2)cc1. The minimum Gasteiger partial charge on any atom is -0.446 e. The Morgan fingerprint density at radius 1 is 0.750 bits per heavy atom. The van der Waals surface area contributed by atoms with Crippen molar-refractivity contribution in [2.75, 3.05) is 0 Å². The third-order valence-corrected chi connectivity index (χ3v) is 4.13. The highest BCUT2D eigenvalue weighted by Gasteiger charge is 2.22. The summed E-state index contributed by atoms with van der Waals surface area (Å²) in [6.07, 6.45) is -0.244. The zero-order valence-electron chi connectivity index (χ0n) is 13.4. The van der Waals surface area contributed by atoms with E-state index in [1.54, 1.807) is 0 Å². The lowest BCUT2D eigenvalue weighted by Crippen LogP contribution is -2.12. The van der Waals surface area contributed by atoms with Gasteiger partial charge in [0.05, 0.1) is 0 Å². The van der Waals surface area contributed by atoms with Crippen molar-refractivity contribution in [3.05, 3.63) is 95.6 Å². The number of ether oxygens (including phenoxy) is 1. The number of benzene rings is 3. The van der Waals surface area contributed by atoms with E-state index in [1.165, 1.54) is 16.7 Å². The first-order valence-electron chi connectivity index (χ1n) is 8.02. The molecule has 3 aromatic rings. The molecule has 1 N–H and O–H groups in total. The fraction of sp³-hybridized carbons (Fsp3) is 0.0952. The molecular weight excluding hydrogens is 296 g/mol. The maximum Gasteiger partial charge on any atom is 0.240 e. The second kappa shape index (κ2) is 6.20. The molecular formula is C21H18N2O. The molecule has 24 heavy (non-hydrogen) atoms. The summed E-state index contributed by atoms with van der Waals surface area (Å²) in [6, 6.07) is 26.9. The van der Waals surface area contributed by atoms with Crippen LogP contribution in [0.3, 0.4) is 0 Å². The van der Waals surface area contributed by atoms with Crippen molar-refractivity contribution in [2.45, 2.75) is 13.2 Å². The van der Waals surface area contributed by atoms with E-state index in [1.807, 2.05) is 30.3 Å². The number of hydrazone groups is 1. The first kappa shape index (κ1) is 14.5. The minimum atomic E-state index is -0.244. The lowest BCUT2D eigenvalue weighted by atomic mass is 10.0. The van der Waals surface area contributed by atoms with Gasteiger partial charge in [0.25, 0.3) is 0 Å². The lowest BCUT2D eigenvalue weighted by Gasteiger charge is -2.12. The van der Waals surface area contributed by atoms with Crippen molar-refractivity contribution in [2.24, 2.45) is 5.10 Å². The van der Waals surface area contributed by atoms with Gasteiger partial charge in [-0.15, -0.1) is 5.10 Å². The molecule has 1 atom stereocenters. The van der Waals surface area contributed by atoms with Gasteiger partial charge in [0.15, 0.2) is 0 Å². The Labute approximate surface area is 141 Å². The van der Waals surface area contributed by atoms with Crippen LogP contribution in [0.5, 0.6) is 0 Å². The minimum absolute atomic E-state index is 0.244. The molecule has 1 aliphatic heterocycles. The molecule has 0 aliphatic carbocycles. The summed E-state index contributed by atoms with van der Waals surface area (Å²) in [7, 11) is 0. The molecule has 0 spiro atoms. The second-order valence-electron chi connectivity index (χ2n) is 5.90. The van der Waals surface area contributed by atoms with Crippen molar-refractivity contribution in [3.63, 3.8) is 0 Å². The van der Waals surface area contributed by atoms with Gasteiger partial charge < -0.3 is 4.74 Å². The Morgan fingerprint density at radius 3 is 2.08 bits per heavy atom. The molecule has 4 rings (SSSR count). The van der Waals surface area contributed by atoms with Crippen LogP contribution in [0.4, 0.5) is 0 Å². The van der Waals surface area contributed by atoms with Crippen molar-refractivity contribution in [1.82, 2.24) is 5.43 Å². The molecule has 0 bridgehead atoms. The van der Waals surface area contributed by atoms with Crippen LogP contribution in [0, 0.1) is 6.92 Å². The number of aryl methyl sites for hydroxylation is 1. The predicted molar refractivity (Wildman–Crippen MR) is 96.6 cm³/mol. The van der Waals surface area contributed by atoms with Crippen LogP contribution in [0.25, 0.3) is 11.1 Å². The fourth-order valence-electron chi connectivity index (χ4n) is 2.73. The van der Waals surface area contributed by atoms with E-state index in [-0.39, 0.29) is 6.23 Å². The Balaban J connectivity index is 1.49. The van der Waals surface area contributed by atoms with E-state index in [9.17, 15) is 0 Å². The monoisotopic (exact) mass is 314 g/mol. The summed E-state index contributed by atoms with van der Waals surface area (Å²) in [6.45, 7) is 2.07.